The number of halogens is 1. The third kappa shape index (κ3) is 5.66. The fourth-order valence-electron chi connectivity index (χ4n) is 3.55. The number of nitrogens with zero attached hydrogens (tertiary/aromatic N) is 2. The summed E-state index contributed by atoms with van der Waals surface area (Å²) in [5, 5.41) is 13.0. The Kier molecular flexibility index (Phi) is 7.51. The molecule has 0 saturated carbocycles. The van der Waals surface area contributed by atoms with Crippen molar-refractivity contribution >= 4 is 61.3 Å². The highest BCUT2D eigenvalue weighted by atomic mass is 79.9. The van der Waals surface area contributed by atoms with Gasteiger partial charge in [0, 0.05) is 12.1 Å². The number of nitro benzene ring substituents is 1. The Balaban J connectivity index is 1.68. The number of benzene rings is 3. The molecule has 1 aliphatic heterocycles. The molecule has 1 heterocycles. The van der Waals surface area contributed by atoms with Gasteiger partial charge in [-0.2, -0.15) is 8.42 Å². The first-order chi connectivity index (χ1) is 18.4. The van der Waals surface area contributed by atoms with Gasteiger partial charge in [-0.25, -0.2) is 9.69 Å². The van der Waals surface area contributed by atoms with Gasteiger partial charge in [-0.1, -0.05) is 17.7 Å². The normalized spacial score (nSPS) is 14.8. The SMILES string of the molecule is COc1cc(/C=C2\C(=O)NC(=O)N(c3ccc([N+](=O)[O-])cc3)C2=O)cc(Br)c1OS(=O)(=O)c1ccc(C)cc1. The largest absolute Gasteiger partial charge is 0.493 e. The highest BCUT2D eigenvalue weighted by molar-refractivity contribution is 9.10. The van der Waals surface area contributed by atoms with E-state index in [1.54, 1.807) is 12.1 Å². The lowest BCUT2D eigenvalue weighted by molar-refractivity contribution is -0.384. The van der Waals surface area contributed by atoms with Gasteiger partial charge in [-0.3, -0.25) is 25.0 Å². The van der Waals surface area contributed by atoms with Crippen molar-refractivity contribution < 1.29 is 36.6 Å². The molecule has 1 aliphatic rings. The van der Waals surface area contributed by atoms with Crippen molar-refractivity contribution in [3.8, 4) is 11.5 Å². The second-order valence-corrected chi connectivity index (χ2v) is 10.5. The van der Waals surface area contributed by atoms with Crippen LogP contribution < -0.4 is 19.1 Å². The molecule has 4 amide bonds. The van der Waals surface area contributed by atoms with E-state index in [0.717, 1.165) is 17.7 Å². The van der Waals surface area contributed by atoms with Crippen molar-refractivity contribution in [2.75, 3.05) is 12.0 Å². The van der Waals surface area contributed by atoms with Crippen molar-refractivity contribution in [3.05, 3.63) is 92.0 Å². The van der Waals surface area contributed by atoms with Crippen LogP contribution in [0.15, 0.2) is 75.6 Å². The minimum Gasteiger partial charge on any atom is -0.493 e. The van der Waals surface area contributed by atoms with Crippen molar-refractivity contribution in [2.24, 2.45) is 0 Å². The Morgan fingerprint density at radius 2 is 1.67 bits per heavy atom. The molecule has 0 radical (unpaired) electrons. The van der Waals surface area contributed by atoms with E-state index in [-0.39, 0.29) is 37.8 Å². The maximum absolute atomic E-state index is 13.1. The number of imide groups is 2. The van der Waals surface area contributed by atoms with Crippen molar-refractivity contribution in [3.63, 3.8) is 0 Å². The van der Waals surface area contributed by atoms with Crippen LogP contribution in [-0.4, -0.2) is 38.3 Å². The molecule has 3 aromatic rings. The van der Waals surface area contributed by atoms with Crippen LogP contribution in [0.25, 0.3) is 6.08 Å². The number of nitrogens with one attached hydrogen (secondary N) is 1. The molecule has 3 aromatic carbocycles. The van der Waals surface area contributed by atoms with E-state index in [2.05, 4.69) is 21.2 Å². The van der Waals surface area contributed by atoms with E-state index < -0.39 is 38.5 Å². The molecule has 14 heteroatoms. The zero-order valence-electron chi connectivity index (χ0n) is 20.2. The highest BCUT2D eigenvalue weighted by Gasteiger charge is 2.37. The smallest absolute Gasteiger partial charge is 0.339 e. The molecule has 0 aromatic heterocycles. The average molecular weight is 616 g/mol. The van der Waals surface area contributed by atoms with Crippen LogP contribution >= 0.6 is 15.9 Å². The Morgan fingerprint density at radius 1 is 1.03 bits per heavy atom. The number of nitro groups is 1. The number of carbonyl (C=O) groups is 3. The number of urea groups is 1. The molecule has 200 valence electrons. The number of ether oxygens (including phenoxy) is 1. The summed E-state index contributed by atoms with van der Waals surface area (Å²) >= 11 is 3.24. The lowest BCUT2D eigenvalue weighted by Crippen LogP contribution is -2.54. The van der Waals surface area contributed by atoms with Crippen LogP contribution in [0.1, 0.15) is 11.1 Å². The minimum atomic E-state index is -4.23. The molecule has 0 aliphatic carbocycles. The Bertz CT molecular complexity index is 1650. The monoisotopic (exact) mass is 615 g/mol. The average Bonchev–Trinajstić information content (AvgIpc) is 2.88. The van der Waals surface area contributed by atoms with Crippen LogP contribution in [0.2, 0.25) is 0 Å². The van der Waals surface area contributed by atoms with Crippen LogP contribution in [0, 0.1) is 17.0 Å². The highest BCUT2D eigenvalue weighted by Crippen LogP contribution is 2.39. The molecule has 12 nitrogen and oxygen atoms in total. The number of hydrogen-bond acceptors (Lipinski definition) is 9. The number of anilines is 1. The van der Waals surface area contributed by atoms with Gasteiger partial charge < -0.3 is 8.92 Å². The van der Waals surface area contributed by atoms with Crippen molar-refractivity contribution in [1.29, 1.82) is 0 Å². The number of aryl methyl sites for hydroxylation is 1. The van der Waals surface area contributed by atoms with Crippen LogP contribution in [0.4, 0.5) is 16.2 Å². The van der Waals surface area contributed by atoms with Gasteiger partial charge in [0.05, 0.1) is 22.2 Å². The number of amides is 4. The summed E-state index contributed by atoms with van der Waals surface area (Å²) in [5.41, 5.74) is 0.419. The molecule has 0 bridgehead atoms. The van der Waals surface area contributed by atoms with Crippen LogP contribution in [-0.2, 0) is 19.7 Å². The van der Waals surface area contributed by atoms with Crippen LogP contribution in [0.3, 0.4) is 0 Å². The molecule has 39 heavy (non-hydrogen) atoms. The standard InChI is InChI=1S/C25H18BrN3O9S/c1-14-3-9-18(10-4-14)39(35,36)38-22-20(26)12-15(13-21(22)37-2)11-19-23(30)27-25(32)28(24(19)31)16-5-7-17(8-6-16)29(33)34/h3-13H,1-2H3,(H,27,30,32)/b19-11+. The summed E-state index contributed by atoms with van der Waals surface area (Å²) in [6.45, 7) is 1.81. The first-order valence-corrected chi connectivity index (χ1v) is 13.2. The van der Waals surface area contributed by atoms with E-state index in [1.165, 1.54) is 49.6 Å². The minimum absolute atomic E-state index is 0.00493. The second-order valence-electron chi connectivity index (χ2n) is 8.12. The summed E-state index contributed by atoms with van der Waals surface area (Å²) in [7, 11) is -2.95. The van der Waals surface area contributed by atoms with E-state index in [0.29, 0.717) is 4.90 Å². The van der Waals surface area contributed by atoms with Gasteiger partial charge in [0.2, 0.25) is 0 Å². The van der Waals surface area contributed by atoms with Gasteiger partial charge in [0.25, 0.3) is 17.5 Å². The molecule has 1 N–H and O–H groups in total. The predicted molar refractivity (Wildman–Crippen MR) is 142 cm³/mol. The Morgan fingerprint density at radius 3 is 2.26 bits per heavy atom. The maximum Gasteiger partial charge on any atom is 0.339 e. The number of carbonyl (C=O) groups excluding carboxylic acids is 3. The quantitative estimate of drug-likeness (QED) is 0.135. The summed E-state index contributed by atoms with van der Waals surface area (Å²) in [4.78, 5) is 48.9. The molecular formula is C25H18BrN3O9S. The fraction of sp³-hybridized carbons (Fsp3) is 0.0800. The number of rotatable bonds is 7. The number of methoxy groups -OCH3 is 1. The van der Waals surface area contributed by atoms with Crippen molar-refractivity contribution in [1.82, 2.24) is 5.32 Å². The van der Waals surface area contributed by atoms with Crippen molar-refractivity contribution in [2.45, 2.75) is 11.8 Å². The molecule has 1 saturated heterocycles. The molecule has 1 fully saturated rings. The van der Waals surface area contributed by atoms with E-state index in [9.17, 15) is 32.9 Å². The van der Waals surface area contributed by atoms with Gasteiger partial charge in [0.15, 0.2) is 11.5 Å². The van der Waals surface area contributed by atoms with Gasteiger partial charge in [0.1, 0.15) is 10.5 Å². The topological polar surface area (TPSA) is 162 Å². The Labute approximate surface area is 230 Å². The third-order valence-corrected chi connectivity index (χ3v) is 7.31. The third-order valence-electron chi connectivity index (χ3n) is 5.49. The number of non-ortho nitro benzene ring substituents is 1. The summed E-state index contributed by atoms with van der Waals surface area (Å²) in [6.07, 6.45) is 1.17. The molecule has 0 spiro atoms. The Hall–Kier alpha value is -4.56. The molecule has 4 rings (SSSR count). The van der Waals surface area contributed by atoms with E-state index in [1.807, 2.05) is 6.92 Å². The van der Waals surface area contributed by atoms with Gasteiger partial charge in [-0.15, -0.1) is 0 Å². The van der Waals surface area contributed by atoms with Gasteiger partial charge >= 0.3 is 16.1 Å². The van der Waals surface area contributed by atoms with E-state index in [4.69, 9.17) is 8.92 Å². The first kappa shape index (κ1) is 27.5. The number of barbiturate groups is 1. The maximum atomic E-state index is 13.1. The zero-order valence-corrected chi connectivity index (χ0v) is 22.6. The summed E-state index contributed by atoms with van der Waals surface area (Å²) < 4.78 is 36.3. The molecule has 0 atom stereocenters. The first-order valence-electron chi connectivity index (χ1n) is 11.0. The fourth-order valence-corrected chi connectivity index (χ4v) is 5.15. The number of hydrogen-bond donors (Lipinski definition) is 1. The zero-order chi connectivity index (χ0) is 28.5. The molecular weight excluding hydrogens is 598 g/mol. The summed E-state index contributed by atoms with van der Waals surface area (Å²) in [5.74, 6) is -2.14. The van der Waals surface area contributed by atoms with Crippen LogP contribution in [0.5, 0.6) is 11.5 Å². The lowest BCUT2D eigenvalue weighted by atomic mass is 10.1. The predicted octanol–water partition coefficient (Wildman–Crippen LogP) is 4.11. The van der Waals surface area contributed by atoms with E-state index >= 15 is 0 Å². The summed E-state index contributed by atoms with van der Waals surface area (Å²) in [6, 6.07) is 12.4. The van der Waals surface area contributed by atoms with Gasteiger partial charge in [-0.05, 0) is 70.9 Å². The lowest BCUT2D eigenvalue weighted by Gasteiger charge is -2.26. The second kappa shape index (κ2) is 10.7. The molecule has 0 unspecified atom stereocenters.